The Bertz CT molecular complexity index is 476. The lowest BCUT2D eigenvalue weighted by molar-refractivity contribution is 0.0949. The van der Waals surface area contributed by atoms with Crippen LogP contribution >= 0.6 is 11.3 Å². The van der Waals surface area contributed by atoms with Gasteiger partial charge in [-0.25, -0.2) is 4.98 Å². The molecule has 0 aliphatic carbocycles. The number of nitrogens with one attached hydrogen (secondary N) is 1. The van der Waals surface area contributed by atoms with Crippen LogP contribution in [0.4, 0.5) is 0 Å². The Balaban J connectivity index is 2.01. The second kappa shape index (κ2) is 5.63. The third-order valence-corrected chi connectivity index (χ3v) is 3.14. The Morgan fingerprint density at radius 3 is 3.18 bits per heavy atom. The average molecular weight is 250 g/mol. The van der Waals surface area contributed by atoms with E-state index in [0.717, 1.165) is 17.8 Å². The van der Waals surface area contributed by atoms with Crippen molar-refractivity contribution in [1.82, 2.24) is 10.3 Å². The molecule has 1 amide bonds. The second-order valence-corrected chi connectivity index (χ2v) is 4.48. The molecule has 0 aromatic carbocycles. The first kappa shape index (κ1) is 11.9. The molecule has 2 aromatic rings. The molecule has 2 rings (SSSR count). The summed E-state index contributed by atoms with van der Waals surface area (Å²) >= 11 is 1.41. The lowest BCUT2D eigenvalue weighted by Crippen LogP contribution is -2.24. The van der Waals surface area contributed by atoms with E-state index >= 15 is 0 Å². The van der Waals surface area contributed by atoms with Crippen LogP contribution in [0, 0.1) is 0 Å². The Morgan fingerprint density at radius 1 is 1.59 bits per heavy atom. The first-order valence-electron chi connectivity index (χ1n) is 5.59. The van der Waals surface area contributed by atoms with Gasteiger partial charge in [0.05, 0.1) is 6.26 Å². The van der Waals surface area contributed by atoms with Crippen LogP contribution in [0.25, 0.3) is 10.8 Å². The average Bonchev–Trinajstić information content (AvgIpc) is 3.00. The molecule has 0 bridgehead atoms. The van der Waals surface area contributed by atoms with Crippen LogP contribution < -0.4 is 5.32 Å². The first-order chi connectivity index (χ1) is 8.31. The number of rotatable bonds is 5. The third-order valence-electron chi connectivity index (χ3n) is 2.28. The van der Waals surface area contributed by atoms with Crippen molar-refractivity contribution in [3.63, 3.8) is 0 Å². The van der Waals surface area contributed by atoms with Crippen LogP contribution in [-0.2, 0) is 0 Å². The molecule has 90 valence electrons. The Labute approximate surface area is 104 Å². The Hall–Kier alpha value is -1.62. The molecule has 0 fully saturated rings. The van der Waals surface area contributed by atoms with E-state index in [0.29, 0.717) is 18.0 Å². The van der Waals surface area contributed by atoms with E-state index < -0.39 is 0 Å². The molecular formula is C12H14N2O2S. The van der Waals surface area contributed by atoms with Gasteiger partial charge >= 0.3 is 0 Å². The topological polar surface area (TPSA) is 55.1 Å². The Kier molecular flexibility index (Phi) is 3.93. The lowest BCUT2D eigenvalue weighted by atomic mass is 10.3. The summed E-state index contributed by atoms with van der Waals surface area (Å²) < 4.78 is 5.23. The maximum absolute atomic E-state index is 11.7. The SMILES string of the molecule is CCCCNC(=O)c1csc(-c2ccco2)n1. The quantitative estimate of drug-likeness (QED) is 0.830. The van der Waals surface area contributed by atoms with Crippen LogP contribution in [0.5, 0.6) is 0 Å². The summed E-state index contributed by atoms with van der Waals surface area (Å²) in [5, 5.41) is 5.31. The van der Waals surface area contributed by atoms with E-state index in [1.54, 1.807) is 17.7 Å². The number of amides is 1. The van der Waals surface area contributed by atoms with Gasteiger partial charge in [-0.2, -0.15) is 0 Å². The highest BCUT2D eigenvalue weighted by molar-refractivity contribution is 7.13. The summed E-state index contributed by atoms with van der Waals surface area (Å²) in [6, 6.07) is 3.63. The minimum Gasteiger partial charge on any atom is -0.462 e. The largest absolute Gasteiger partial charge is 0.462 e. The van der Waals surface area contributed by atoms with Gasteiger partial charge in [0.2, 0.25) is 0 Å². The van der Waals surface area contributed by atoms with E-state index in [1.165, 1.54) is 11.3 Å². The number of carbonyl (C=O) groups is 1. The molecule has 2 heterocycles. The molecule has 0 spiro atoms. The number of furan rings is 1. The molecule has 5 heteroatoms. The summed E-state index contributed by atoms with van der Waals surface area (Å²) in [5.41, 5.74) is 0.456. The van der Waals surface area contributed by atoms with E-state index in [9.17, 15) is 4.79 Å². The van der Waals surface area contributed by atoms with E-state index in [-0.39, 0.29) is 5.91 Å². The van der Waals surface area contributed by atoms with Crippen LogP contribution in [-0.4, -0.2) is 17.4 Å². The summed E-state index contributed by atoms with van der Waals surface area (Å²) in [6.45, 7) is 2.78. The van der Waals surface area contributed by atoms with Crippen molar-refractivity contribution in [1.29, 1.82) is 0 Å². The molecular weight excluding hydrogens is 236 g/mol. The van der Waals surface area contributed by atoms with Crippen LogP contribution in [0.2, 0.25) is 0 Å². The number of hydrogen-bond donors (Lipinski definition) is 1. The number of hydrogen-bond acceptors (Lipinski definition) is 4. The lowest BCUT2D eigenvalue weighted by Gasteiger charge is -2.00. The highest BCUT2D eigenvalue weighted by atomic mass is 32.1. The molecule has 0 aliphatic rings. The zero-order chi connectivity index (χ0) is 12.1. The van der Waals surface area contributed by atoms with E-state index in [4.69, 9.17) is 4.42 Å². The van der Waals surface area contributed by atoms with Gasteiger partial charge < -0.3 is 9.73 Å². The van der Waals surface area contributed by atoms with E-state index in [2.05, 4.69) is 17.2 Å². The molecule has 0 radical (unpaired) electrons. The van der Waals surface area contributed by atoms with E-state index in [1.807, 2.05) is 6.07 Å². The molecule has 4 nitrogen and oxygen atoms in total. The van der Waals surface area contributed by atoms with Crippen molar-refractivity contribution in [3.05, 3.63) is 29.5 Å². The molecule has 0 saturated heterocycles. The summed E-state index contributed by atoms with van der Waals surface area (Å²) in [7, 11) is 0. The van der Waals surface area contributed by atoms with Crippen LogP contribution in [0.3, 0.4) is 0 Å². The van der Waals surface area contributed by atoms with Crippen molar-refractivity contribution in [2.24, 2.45) is 0 Å². The van der Waals surface area contributed by atoms with Crippen LogP contribution in [0.15, 0.2) is 28.2 Å². The summed E-state index contributed by atoms with van der Waals surface area (Å²) in [5.74, 6) is 0.579. The van der Waals surface area contributed by atoms with Gasteiger partial charge in [0, 0.05) is 11.9 Å². The molecule has 0 atom stereocenters. The fourth-order valence-electron chi connectivity index (χ4n) is 1.36. The standard InChI is InChI=1S/C12H14N2O2S/c1-2-3-6-13-11(15)9-8-17-12(14-9)10-5-4-7-16-10/h4-5,7-8H,2-3,6H2,1H3,(H,13,15). The van der Waals surface area contributed by atoms with Crippen molar-refractivity contribution in [2.45, 2.75) is 19.8 Å². The van der Waals surface area contributed by atoms with Gasteiger partial charge in [-0.1, -0.05) is 13.3 Å². The summed E-state index contributed by atoms with van der Waals surface area (Å²) in [6.07, 6.45) is 3.65. The number of unbranched alkanes of at least 4 members (excludes halogenated alkanes) is 1. The van der Waals surface area contributed by atoms with Crippen molar-refractivity contribution in [2.75, 3.05) is 6.54 Å². The predicted molar refractivity (Wildman–Crippen MR) is 67.1 cm³/mol. The summed E-state index contributed by atoms with van der Waals surface area (Å²) in [4.78, 5) is 15.9. The molecule has 0 unspecified atom stereocenters. The van der Waals surface area contributed by atoms with Gasteiger partial charge in [-0.15, -0.1) is 11.3 Å². The number of aromatic nitrogens is 1. The smallest absolute Gasteiger partial charge is 0.270 e. The maximum atomic E-state index is 11.7. The molecule has 1 N–H and O–H groups in total. The minimum atomic E-state index is -0.118. The second-order valence-electron chi connectivity index (χ2n) is 3.62. The third kappa shape index (κ3) is 2.94. The van der Waals surface area contributed by atoms with Crippen molar-refractivity contribution in [3.8, 4) is 10.8 Å². The molecule has 17 heavy (non-hydrogen) atoms. The molecule has 0 aliphatic heterocycles. The minimum absolute atomic E-state index is 0.118. The zero-order valence-electron chi connectivity index (χ0n) is 9.60. The zero-order valence-corrected chi connectivity index (χ0v) is 10.4. The number of carbonyl (C=O) groups excluding carboxylic acids is 1. The highest BCUT2D eigenvalue weighted by Gasteiger charge is 2.12. The first-order valence-corrected chi connectivity index (χ1v) is 6.47. The van der Waals surface area contributed by atoms with Gasteiger partial charge in [0.15, 0.2) is 10.8 Å². The highest BCUT2D eigenvalue weighted by Crippen LogP contribution is 2.23. The Morgan fingerprint density at radius 2 is 2.47 bits per heavy atom. The molecule has 0 saturated carbocycles. The van der Waals surface area contributed by atoms with Gasteiger partial charge in [-0.05, 0) is 18.6 Å². The van der Waals surface area contributed by atoms with Gasteiger partial charge in [0.25, 0.3) is 5.91 Å². The van der Waals surface area contributed by atoms with Crippen molar-refractivity contribution >= 4 is 17.2 Å². The fourth-order valence-corrected chi connectivity index (χ4v) is 2.13. The predicted octanol–water partition coefficient (Wildman–Crippen LogP) is 2.93. The van der Waals surface area contributed by atoms with Gasteiger partial charge in [-0.3, -0.25) is 4.79 Å². The monoisotopic (exact) mass is 250 g/mol. The molecule has 2 aromatic heterocycles. The number of thiazole rings is 1. The normalized spacial score (nSPS) is 10.4. The number of nitrogens with zero attached hydrogens (tertiary/aromatic N) is 1. The van der Waals surface area contributed by atoms with Crippen LogP contribution in [0.1, 0.15) is 30.3 Å². The van der Waals surface area contributed by atoms with Crippen molar-refractivity contribution < 1.29 is 9.21 Å². The maximum Gasteiger partial charge on any atom is 0.270 e. The van der Waals surface area contributed by atoms with Gasteiger partial charge in [0.1, 0.15) is 5.69 Å². The fraction of sp³-hybridized carbons (Fsp3) is 0.333.